The van der Waals surface area contributed by atoms with Crippen LogP contribution in [0.4, 0.5) is 0 Å². The summed E-state index contributed by atoms with van der Waals surface area (Å²) in [6.07, 6.45) is 6.48. The zero-order valence-corrected chi connectivity index (χ0v) is 17.0. The van der Waals surface area contributed by atoms with Crippen LogP contribution < -0.4 is 15.4 Å². The highest BCUT2D eigenvalue weighted by molar-refractivity contribution is 7.89. The molecule has 0 unspecified atom stereocenters. The van der Waals surface area contributed by atoms with Gasteiger partial charge in [-0.05, 0) is 80.3 Å². The van der Waals surface area contributed by atoms with Crippen LogP contribution in [0.2, 0.25) is 0 Å². The van der Waals surface area contributed by atoms with E-state index in [0.717, 1.165) is 50.8 Å². The Kier molecular flexibility index (Phi) is 6.55. The summed E-state index contributed by atoms with van der Waals surface area (Å²) in [4.78, 5) is 12.4. The van der Waals surface area contributed by atoms with Gasteiger partial charge in [0.1, 0.15) is 0 Å². The van der Waals surface area contributed by atoms with Crippen LogP contribution in [-0.2, 0) is 27.7 Å². The Hall–Kier alpha value is -1.44. The highest BCUT2D eigenvalue weighted by Crippen LogP contribution is 2.26. The molecule has 1 aliphatic heterocycles. The number of hydrogen-bond acceptors (Lipinski definition) is 4. The number of rotatable bonds is 7. The molecule has 0 radical (unpaired) electrons. The Morgan fingerprint density at radius 2 is 1.85 bits per heavy atom. The highest BCUT2D eigenvalue weighted by Gasteiger charge is 2.27. The molecule has 150 valence electrons. The fourth-order valence-electron chi connectivity index (χ4n) is 3.87. The van der Waals surface area contributed by atoms with Crippen molar-refractivity contribution in [1.29, 1.82) is 0 Å². The van der Waals surface area contributed by atoms with Crippen molar-refractivity contribution in [3.05, 3.63) is 29.3 Å². The van der Waals surface area contributed by atoms with Gasteiger partial charge in [-0.2, -0.15) is 0 Å². The molecule has 6 nitrogen and oxygen atoms in total. The summed E-state index contributed by atoms with van der Waals surface area (Å²) in [5.74, 6) is -0.108. The molecule has 1 aliphatic carbocycles. The van der Waals surface area contributed by atoms with Gasteiger partial charge in [0.2, 0.25) is 15.9 Å². The molecule has 7 heteroatoms. The van der Waals surface area contributed by atoms with Crippen LogP contribution in [0.15, 0.2) is 23.1 Å². The van der Waals surface area contributed by atoms with E-state index < -0.39 is 10.0 Å². The second-order valence-corrected chi connectivity index (χ2v) is 9.89. The normalized spacial score (nSPS) is 19.3. The van der Waals surface area contributed by atoms with Crippen LogP contribution >= 0.6 is 0 Å². The van der Waals surface area contributed by atoms with Gasteiger partial charge in [0.15, 0.2) is 0 Å². The van der Waals surface area contributed by atoms with E-state index in [1.54, 1.807) is 12.1 Å². The predicted molar refractivity (Wildman–Crippen MR) is 106 cm³/mol. The molecular weight excluding hydrogens is 362 g/mol. The third-order valence-corrected chi connectivity index (χ3v) is 7.26. The first-order valence-corrected chi connectivity index (χ1v) is 11.5. The Morgan fingerprint density at radius 1 is 1.15 bits per heavy atom. The van der Waals surface area contributed by atoms with Gasteiger partial charge in [0.05, 0.1) is 4.90 Å². The summed E-state index contributed by atoms with van der Waals surface area (Å²) < 4.78 is 27.6. The monoisotopic (exact) mass is 393 g/mol. The first kappa shape index (κ1) is 20.3. The van der Waals surface area contributed by atoms with E-state index in [2.05, 4.69) is 22.3 Å². The topological polar surface area (TPSA) is 87.3 Å². The van der Waals surface area contributed by atoms with Crippen molar-refractivity contribution in [3.8, 4) is 0 Å². The molecule has 1 amide bonds. The largest absolute Gasteiger partial charge is 0.356 e. The number of aryl methyl sites for hydroxylation is 2. The van der Waals surface area contributed by atoms with Crippen LogP contribution in [0.3, 0.4) is 0 Å². The highest BCUT2D eigenvalue weighted by atomic mass is 32.2. The molecule has 1 heterocycles. The lowest BCUT2D eigenvalue weighted by atomic mass is 9.81. The maximum absolute atomic E-state index is 12.5. The summed E-state index contributed by atoms with van der Waals surface area (Å²) in [5.41, 5.74) is 2.52. The van der Waals surface area contributed by atoms with Gasteiger partial charge in [-0.25, -0.2) is 13.1 Å². The summed E-state index contributed by atoms with van der Waals surface area (Å²) in [6.45, 7) is 4.90. The average molecular weight is 394 g/mol. The average Bonchev–Trinajstić information content (AvgIpc) is 2.66. The minimum atomic E-state index is -3.58. The summed E-state index contributed by atoms with van der Waals surface area (Å²) in [6, 6.07) is 5.38. The van der Waals surface area contributed by atoms with E-state index in [-0.39, 0.29) is 24.3 Å². The second-order valence-electron chi connectivity index (χ2n) is 8.12. The number of nitrogens with one attached hydrogen (secondary N) is 3. The predicted octanol–water partition coefficient (Wildman–Crippen LogP) is 1.74. The molecule has 0 saturated carbocycles. The molecule has 0 bridgehead atoms. The molecule has 2 aliphatic rings. The third kappa shape index (κ3) is 5.53. The summed E-state index contributed by atoms with van der Waals surface area (Å²) in [5, 5.41) is 6.28. The van der Waals surface area contributed by atoms with Gasteiger partial charge >= 0.3 is 0 Å². The lowest BCUT2D eigenvalue weighted by Gasteiger charge is -2.34. The quantitative estimate of drug-likeness (QED) is 0.659. The third-order valence-electron chi connectivity index (χ3n) is 5.80. The number of amides is 1. The standard InChI is InChI=1S/C20H31N3O3S/c1-20(9-12-21-13-10-20)15-22-19(24)8-11-23-27(25,26)18-7-6-16-4-2-3-5-17(16)14-18/h6-7,14,21,23H,2-5,8-13,15H2,1H3,(H,22,24). The van der Waals surface area contributed by atoms with Crippen LogP contribution in [0.25, 0.3) is 0 Å². The number of carbonyl (C=O) groups excluding carboxylic acids is 1. The van der Waals surface area contributed by atoms with Gasteiger partial charge in [-0.1, -0.05) is 13.0 Å². The number of piperidine rings is 1. The molecule has 3 rings (SSSR count). The SMILES string of the molecule is CC1(CNC(=O)CCNS(=O)(=O)c2ccc3c(c2)CCCC3)CCNCC1. The van der Waals surface area contributed by atoms with E-state index in [4.69, 9.17) is 0 Å². The number of benzene rings is 1. The first-order valence-electron chi connectivity index (χ1n) is 9.97. The Morgan fingerprint density at radius 3 is 2.59 bits per heavy atom. The molecule has 0 atom stereocenters. The molecule has 27 heavy (non-hydrogen) atoms. The zero-order valence-electron chi connectivity index (χ0n) is 16.1. The van der Waals surface area contributed by atoms with Gasteiger partial charge in [-0.3, -0.25) is 4.79 Å². The van der Waals surface area contributed by atoms with E-state index in [1.807, 2.05) is 6.07 Å². The van der Waals surface area contributed by atoms with Crippen LogP contribution in [0, 0.1) is 5.41 Å². The number of sulfonamides is 1. The van der Waals surface area contributed by atoms with Gasteiger partial charge in [-0.15, -0.1) is 0 Å². The van der Waals surface area contributed by atoms with Crippen molar-refractivity contribution < 1.29 is 13.2 Å². The molecule has 3 N–H and O–H groups in total. The molecule has 1 aromatic rings. The van der Waals surface area contributed by atoms with Crippen molar-refractivity contribution in [1.82, 2.24) is 15.4 Å². The zero-order chi connectivity index (χ0) is 19.3. The van der Waals surface area contributed by atoms with E-state index in [1.165, 1.54) is 12.0 Å². The lowest BCUT2D eigenvalue weighted by Crippen LogP contribution is -2.43. The van der Waals surface area contributed by atoms with Gasteiger partial charge in [0.25, 0.3) is 0 Å². The Balaban J connectivity index is 1.47. The van der Waals surface area contributed by atoms with Crippen LogP contribution in [-0.4, -0.2) is 40.5 Å². The van der Waals surface area contributed by atoms with Crippen LogP contribution in [0.1, 0.15) is 50.2 Å². The molecule has 1 fully saturated rings. The van der Waals surface area contributed by atoms with Crippen molar-refractivity contribution in [2.75, 3.05) is 26.2 Å². The van der Waals surface area contributed by atoms with Gasteiger partial charge < -0.3 is 10.6 Å². The van der Waals surface area contributed by atoms with E-state index >= 15 is 0 Å². The van der Waals surface area contributed by atoms with E-state index in [0.29, 0.717) is 11.4 Å². The van der Waals surface area contributed by atoms with Crippen molar-refractivity contribution in [3.63, 3.8) is 0 Å². The summed E-state index contributed by atoms with van der Waals surface area (Å²) in [7, 11) is -3.58. The molecule has 1 saturated heterocycles. The smallest absolute Gasteiger partial charge is 0.240 e. The minimum Gasteiger partial charge on any atom is -0.356 e. The number of fused-ring (bicyclic) bond motifs is 1. The summed E-state index contributed by atoms with van der Waals surface area (Å²) >= 11 is 0. The maximum atomic E-state index is 12.5. The first-order chi connectivity index (χ1) is 12.9. The molecular formula is C20H31N3O3S. The molecule has 0 spiro atoms. The fourth-order valence-corrected chi connectivity index (χ4v) is 4.95. The van der Waals surface area contributed by atoms with E-state index in [9.17, 15) is 13.2 Å². The maximum Gasteiger partial charge on any atom is 0.240 e. The minimum absolute atomic E-state index is 0.108. The van der Waals surface area contributed by atoms with Gasteiger partial charge in [0, 0.05) is 19.5 Å². The molecule has 0 aromatic heterocycles. The van der Waals surface area contributed by atoms with Crippen molar-refractivity contribution in [2.45, 2.75) is 56.8 Å². The van der Waals surface area contributed by atoms with Crippen LogP contribution in [0.5, 0.6) is 0 Å². The Bertz CT molecular complexity index is 771. The Labute approximate surface area is 162 Å². The number of carbonyl (C=O) groups is 1. The fraction of sp³-hybridized carbons (Fsp3) is 0.650. The van der Waals surface area contributed by atoms with Crippen molar-refractivity contribution in [2.24, 2.45) is 5.41 Å². The van der Waals surface area contributed by atoms with Crippen molar-refractivity contribution >= 4 is 15.9 Å². The second kappa shape index (κ2) is 8.71. The lowest BCUT2D eigenvalue weighted by molar-refractivity contribution is -0.121. The molecule has 1 aromatic carbocycles. The number of hydrogen-bond donors (Lipinski definition) is 3.